The van der Waals surface area contributed by atoms with Crippen molar-refractivity contribution in [3.63, 3.8) is 0 Å². The zero-order valence-corrected chi connectivity index (χ0v) is 19.4. The number of carboxylic acids is 1. The van der Waals surface area contributed by atoms with Gasteiger partial charge in [-0.3, -0.25) is 5.32 Å². The van der Waals surface area contributed by atoms with Crippen LogP contribution >= 0.6 is 15.9 Å². The molecule has 9 heteroatoms. The molecular formula is C22H26BrNO7. The largest absolute Gasteiger partial charge is 0.496 e. The molecule has 0 aliphatic carbocycles. The average molecular weight is 496 g/mol. The maximum atomic E-state index is 12.2. The second-order valence-corrected chi connectivity index (χ2v) is 7.77. The molecule has 2 aromatic carbocycles. The van der Waals surface area contributed by atoms with E-state index in [1.54, 1.807) is 57.4 Å². The van der Waals surface area contributed by atoms with Gasteiger partial charge in [-0.1, -0.05) is 12.1 Å². The highest BCUT2D eigenvalue weighted by atomic mass is 79.9. The lowest BCUT2D eigenvalue weighted by Gasteiger charge is -2.17. The zero-order chi connectivity index (χ0) is 23.0. The molecule has 0 aliphatic heterocycles. The third-order valence-electron chi connectivity index (χ3n) is 4.22. The van der Waals surface area contributed by atoms with Gasteiger partial charge in [0.25, 0.3) is 0 Å². The number of carbonyl (C=O) groups excluding carboxylic acids is 1. The van der Waals surface area contributed by atoms with Gasteiger partial charge in [0.1, 0.15) is 18.1 Å². The summed E-state index contributed by atoms with van der Waals surface area (Å²) < 4.78 is 22.0. The van der Waals surface area contributed by atoms with Crippen LogP contribution in [0.2, 0.25) is 0 Å². The highest BCUT2D eigenvalue weighted by Gasteiger charge is 2.21. The van der Waals surface area contributed by atoms with Gasteiger partial charge in [-0.15, -0.1) is 0 Å². The van der Waals surface area contributed by atoms with Crippen LogP contribution in [0.5, 0.6) is 11.5 Å². The number of halogens is 1. The highest BCUT2D eigenvalue weighted by molar-refractivity contribution is 9.10. The van der Waals surface area contributed by atoms with Gasteiger partial charge in [0, 0.05) is 6.42 Å². The Balaban J connectivity index is 2.01. The number of anilines is 1. The molecule has 2 rings (SSSR count). The van der Waals surface area contributed by atoms with Gasteiger partial charge in [0.15, 0.2) is 6.10 Å². The Morgan fingerprint density at radius 1 is 1.03 bits per heavy atom. The van der Waals surface area contributed by atoms with Crippen LogP contribution in [0.1, 0.15) is 25.0 Å². The molecule has 0 aromatic heterocycles. The van der Waals surface area contributed by atoms with Crippen molar-refractivity contribution in [2.75, 3.05) is 19.5 Å². The lowest BCUT2D eigenvalue weighted by Crippen LogP contribution is -2.29. The Morgan fingerprint density at radius 2 is 1.71 bits per heavy atom. The van der Waals surface area contributed by atoms with Gasteiger partial charge in [0.2, 0.25) is 0 Å². The topological polar surface area (TPSA) is 103 Å². The molecule has 0 spiro atoms. The monoisotopic (exact) mass is 495 g/mol. The normalized spacial score (nSPS) is 11.7. The second kappa shape index (κ2) is 11.6. The van der Waals surface area contributed by atoms with Crippen molar-refractivity contribution < 1.29 is 33.6 Å². The van der Waals surface area contributed by atoms with Crippen LogP contribution < -0.4 is 14.8 Å². The van der Waals surface area contributed by atoms with Crippen molar-refractivity contribution in [1.29, 1.82) is 0 Å². The van der Waals surface area contributed by atoms with Gasteiger partial charge < -0.3 is 24.1 Å². The molecule has 0 heterocycles. The molecule has 0 fully saturated rings. The predicted octanol–water partition coefficient (Wildman–Crippen LogP) is 4.64. The maximum absolute atomic E-state index is 12.2. The first-order chi connectivity index (χ1) is 14.7. The molecule has 0 aliphatic rings. The van der Waals surface area contributed by atoms with Crippen LogP contribution in [-0.4, -0.2) is 43.6 Å². The van der Waals surface area contributed by atoms with E-state index in [-0.39, 0.29) is 19.1 Å². The lowest BCUT2D eigenvalue weighted by atomic mass is 10.1. The zero-order valence-electron chi connectivity index (χ0n) is 17.8. The molecule has 8 nitrogen and oxygen atoms in total. The lowest BCUT2D eigenvalue weighted by molar-refractivity contribution is -0.153. The van der Waals surface area contributed by atoms with Gasteiger partial charge in [-0.2, -0.15) is 0 Å². The summed E-state index contributed by atoms with van der Waals surface area (Å²) in [6.07, 6.45) is -1.67. The number of ether oxygens (including phenoxy) is 4. The van der Waals surface area contributed by atoms with E-state index in [9.17, 15) is 14.7 Å². The fraction of sp³-hybridized carbons (Fsp3) is 0.364. The average Bonchev–Trinajstić information content (AvgIpc) is 2.72. The predicted molar refractivity (Wildman–Crippen MR) is 119 cm³/mol. The standard InChI is InChI=1S/C22H26BrNO7/c1-13(2)31-20(21(25)26)11-14-5-7-17(19(10-14)29-4)24-22(27)30-12-15-6-8-18(28-3)16(23)9-15/h5-10,13,20H,11-12H2,1-4H3,(H,24,27)(H,25,26). The van der Waals surface area contributed by atoms with Crippen molar-refractivity contribution in [3.05, 3.63) is 52.0 Å². The van der Waals surface area contributed by atoms with Crippen molar-refractivity contribution in [2.45, 2.75) is 39.1 Å². The minimum Gasteiger partial charge on any atom is -0.496 e. The van der Waals surface area contributed by atoms with Gasteiger partial charge >= 0.3 is 12.1 Å². The number of nitrogens with one attached hydrogen (secondary N) is 1. The summed E-state index contributed by atoms with van der Waals surface area (Å²) in [5.74, 6) is 0.0286. The van der Waals surface area contributed by atoms with E-state index in [2.05, 4.69) is 21.2 Å². The molecule has 0 radical (unpaired) electrons. The molecule has 31 heavy (non-hydrogen) atoms. The fourth-order valence-corrected chi connectivity index (χ4v) is 3.38. The highest BCUT2D eigenvalue weighted by Crippen LogP contribution is 2.28. The molecule has 0 saturated heterocycles. The van der Waals surface area contributed by atoms with Crippen LogP contribution in [0.25, 0.3) is 0 Å². The fourth-order valence-electron chi connectivity index (χ4n) is 2.80. The van der Waals surface area contributed by atoms with E-state index < -0.39 is 18.2 Å². The van der Waals surface area contributed by atoms with E-state index in [0.717, 1.165) is 10.0 Å². The van der Waals surface area contributed by atoms with E-state index in [0.29, 0.717) is 22.7 Å². The molecule has 1 amide bonds. The molecule has 0 saturated carbocycles. The first kappa shape index (κ1) is 24.5. The molecule has 1 unspecified atom stereocenters. The van der Waals surface area contributed by atoms with Crippen LogP contribution in [0.4, 0.5) is 10.5 Å². The van der Waals surface area contributed by atoms with Crippen LogP contribution in [0.3, 0.4) is 0 Å². The molecule has 1 atom stereocenters. The number of aliphatic carboxylic acids is 1. The van der Waals surface area contributed by atoms with Gasteiger partial charge in [-0.25, -0.2) is 9.59 Å². The molecule has 0 bridgehead atoms. The maximum Gasteiger partial charge on any atom is 0.412 e. The number of methoxy groups -OCH3 is 2. The number of amides is 1. The Bertz CT molecular complexity index is 917. The van der Waals surface area contributed by atoms with Crippen molar-refractivity contribution >= 4 is 33.7 Å². The quantitative estimate of drug-likeness (QED) is 0.494. The Hall–Kier alpha value is -2.78. The molecule has 168 valence electrons. The number of hydrogen-bond donors (Lipinski definition) is 2. The van der Waals surface area contributed by atoms with Gasteiger partial charge in [-0.05, 0) is 65.2 Å². The number of rotatable bonds is 10. The number of carboxylic acid groups (broad SMARTS) is 1. The summed E-state index contributed by atoms with van der Waals surface area (Å²) in [5.41, 5.74) is 1.89. The molecular weight excluding hydrogens is 470 g/mol. The van der Waals surface area contributed by atoms with Crippen LogP contribution in [-0.2, 0) is 27.3 Å². The summed E-state index contributed by atoms with van der Waals surface area (Å²) in [6, 6.07) is 10.4. The molecule has 2 N–H and O–H groups in total. The summed E-state index contributed by atoms with van der Waals surface area (Å²) in [7, 11) is 3.03. The van der Waals surface area contributed by atoms with E-state index in [1.807, 2.05) is 0 Å². The minimum absolute atomic E-state index is 0.0711. The summed E-state index contributed by atoms with van der Waals surface area (Å²) in [5, 5.41) is 12.0. The first-order valence-electron chi connectivity index (χ1n) is 9.54. The number of carbonyl (C=O) groups is 2. The van der Waals surface area contributed by atoms with Crippen molar-refractivity contribution in [1.82, 2.24) is 0 Å². The number of hydrogen-bond acceptors (Lipinski definition) is 6. The Labute approximate surface area is 189 Å². The van der Waals surface area contributed by atoms with E-state index in [4.69, 9.17) is 18.9 Å². The summed E-state index contributed by atoms with van der Waals surface area (Å²) in [4.78, 5) is 23.6. The number of benzene rings is 2. The van der Waals surface area contributed by atoms with Crippen LogP contribution in [0.15, 0.2) is 40.9 Å². The Kier molecular flexibility index (Phi) is 9.14. The first-order valence-corrected chi connectivity index (χ1v) is 10.3. The summed E-state index contributed by atoms with van der Waals surface area (Å²) in [6.45, 7) is 3.63. The van der Waals surface area contributed by atoms with Crippen LogP contribution in [0, 0.1) is 0 Å². The third-order valence-corrected chi connectivity index (χ3v) is 4.84. The molecule has 2 aromatic rings. The third kappa shape index (κ3) is 7.45. The Morgan fingerprint density at radius 3 is 2.29 bits per heavy atom. The minimum atomic E-state index is -1.04. The summed E-state index contributed by atoms with van der Waals surface area (Å²) >= 11 is 3.39. The van der Waals surface area contributed by atoms with E-state index in [1.165, 1.54) is 7.11 Å². The second-order valence-electron chi connectivity index (χ2n) is 6.92. The van der Waals surface area contributed by atoms with Crippen molar-refractivity contribution in [2.24, 2.45) is 0 Å². The van der Waals surface area contributed by atoms with Crippen molar-refractivity contribution in [3.8, 4) is 11.5 Å². The van der Waals surface area contributed by atoms with Gasteiger partial charge in [0.05, 0.1) is 30.5 Å². The SMILES string of the molecule is COc1ccc(COC(=O)Nc2ccc(CC(OC(C)C)C(=O)O)cc2OC)cc1Br. The van der Waals surface area contributed by atoms with E-state index >= 15 is 0 Å². The smallest absolute Gasteiger partial charge is 0.412 e.